The van der Waals surface area contributed by atoms with Crippen molar-refractivity contribution in [1.82, 2.24) is 34.6 Å². The fourth-order valence-corrected chi connectivity index (χ4v) is 4.30. The fourth-order valence-electron chi connectivity index (χ4n) is 4.30. The van der Waals surface area contributed by atoms with Gasteiger partial charge in [-0.25, -0.2) is 9.97 Å². The predicted octanol–water partition coefficient (Wildman–Crippen LogP) is 3.62. The number of nitrogens with zero attached hydrogens (tertiary/aromatic N) is 6. The maximum atomic E-state index is 4.90. The average molecular weight is 387 g/mol. The first-order chi connectivity index (χ1) is 14.3. The number of hydrogen-bond acceptors (Lipinski definition) is 5. The Bertz CT molecular complexity index is 1100. The van der Waals surface area contributed by atoms with E-state index in [1.54, 1.807) is 12.4 Å². The molecule has 4 heterocycles. The van der Waals surface area contributed by atoms with Gasteiger partial charge in [0.05, 0.1) is 17.6 Å². The molecule has 1 aromatic carbocycles. The second-order valence-electron chi connectivity index (χ2n) is 7.62. The van der Waals surface area contributed by atoms with Crippen molar-refractivity contribution in [3.63, 3.8) is 0 Å². The van der Waals surface area contributed by atoms with Crippen molar-refractivity contribution in [2.75, 3.05) is 13.1 Å². The SMILES string of the molecule is CCn1c(CN2CCC[C@H](c3nc(-c4cccnc4)n[nH]3)C2)nc2ccccc21. The number of H-pyrrole nitrogens is 1. The Balaban J connectivity index is 1.33. The molecule has 0 bridgehead atoms. The standard InChI is InChI=1S/C22H25N7/c1-2-29-19-10-4-3-9-18(19)24-20(29)15-28-12-6-8-17(14-28)22-25-21(26-27-22)16-7-5-11-23-13-16/h3-5,7,9-11,13,17H,2,6,8,12,14-15H2,1H3,(H,25,26,27)/t17-/m0/s1. The number of benzene rings is 1. The van der Waals surface area contributed by atoms with Gasteiger partial charge in [0.15, 0.2) is 5.82 Å². The van der Waals surface area contributed by atoms with Crippen molar-refractivity contribution >= 4 is 11.0 Å². The van der Waals surface area contributed by atoms with E-state index in [0.717, 1.165) is 67.6 Å². The van der Waals surface area contributed by atoms with E-state index in [4.69, 9.17) is 9.97 Å². The van der Waals surface area contributed by atoms with Crippen LogP contribution in [0.3, 0.4) is 0 Å². The zero-order valence-corrected chi connectivity index (χ0v) is 16.6. The van der Waals surface area contributed by atoms with E-state index < -0.39 is 0 Å². The highest BCUT2D eigenvalue weighted by molar-refractivity contribution is 5.75. The van der Waals surface area contributed by atoms with Gasteiger partial charge in [0.2, 0.25) is 0 Å². The molecule has 0 spiro atoms. The number of aryl methyl sites for hydroxylation is 1. The van der Waals surface area contributed by atoms with Crippen LogP contribution in [0.4, 0.5) is 0 Å². The fraction of sp³-hybridized carbons (Fsp3) is 0.364. The Hall–Kier alpha value is -3.06. The number of pyridine rings is 1. The van der Waals surface area contributed by atoms with Gasteiger partial charge in [0.1, 0.15) is 11.6 Å². The number of aromatic nitrogens is 6. The molecule has 0 unspecified atom stereocenters. The summed E-state index contributed by atoms with van der Waals surface area (Å²) in [6, 6.07) is 12.3. The lowest BCUT2D eigenvalue weighted by molar-refractivity contribution is 0.190. The third-order valence-corrected chi connectivity index (χ3v) is 5.73. The van der Waals surface area contributed by atoms with E-state index in [0.29, 0.717) is 5.92 Å². The van der Waals surface area contributed by atoms with Crippen LogP contribution < -0.4 is 0 Å². The second-order valence-corrected chi connectivity index (χ2v) is 7.62. The number of rotatable bonds is 5. The summed E-state index contributed by atoms with van der Waals surface area (Å²) in [7, 11) is 0. The number of piperidine rings is 1. The molecule has 1 aliphatic rings. The van der Waals surface area contributed by atoms with Gasteiger partial charge in [-0.1, -0.05) is 12.1 Å². The molecular formula is C22H25N7. The monoisotopic (exact) mass is 387 g/mol. The summed E-state index contributed by atoms with van der Waals surface area (Å²) in [4.78, 5) is 16.3. The molecule has 1 N–H and O–H groups in total. The number of nitrogens with one attached hydrogen (secondary N) is 1. The summed E-state index contributed by atoms with van der Waals surface area (Å²) in [5.74, 6) is 3.19. The number of para-hydroxylation sites is 2. The quantitative estimate of drug-likeness (QED) is 0.566. The molecule has 3 aromatic heterocycles. The van der Waals surface area contributed by atoms with E-state index in [9.17, 15) is 0 Å². The molecule has 1 fully saturated rings. The molecule has 5 rings (SSSR count). The van der Waals surface area contributed by atoms with Crippen molar-refractivity contribution in [2.45, 2.75) is 38.8 Å². The molecule has 29 heavy (non-hydrogen) atoms. The van der Waals surface area contributed by atoms with Gasteiger partial charge in [-0.3, -0.25) is 15.0 Å². The maximum absolute atomic E-state index is 4.90. The van der Waals surface area contributed by atoms with Crippen LogP contribution in [0.1, 0.15) is 37.3 Å². The summed E-state index contributed by atoms with van der Waals surface area (Å²) in [6.45, 7) is 6.04. The zero-order chi connectivity index (χ0) is 19.6. The highest BCUT2D eigenvalue weighted by Gasteiger charge is 2.25. The van der Waals surface area contributed by atoms with Gasteiger partial charge in [-0.15, -0.1) is 0 Å². The van der Waals surface area contributed by atoms with Crippen LogP contribution in [-0.4, -0.2) is 47.7 Å². The molecule has 1 atom stereocenters. The van der Waals surface area contributed by atoms with Crippen molar-refractivity contribution in [3.8, 4) is 11.4 Å². The Morgan fingerprint density at radius 2 is 2.07 bits per heavy atom. The Morgan fingerprint density at radius 3 is 2.93 bits per heavy atom. The van der Waals surface area contributed by atoms with Gasteiger partial charge in [0.25, 0.3) is 0 Å². The van der Waals surface area contributed by atoms with Crippen molar-refractivity contribution in [2.24, 2.45) is 0 Å². The van der Waals surface area contributed by atoms with Crippen molar-refractivity contribution in [3.05, 3.63) is 60.4 Å². The summed E-state index contributed by atoms with van der Waals surface area (Å²) in [5.41, 5.74) is 3.24. The lowest BCUT2D eigenvalue weighted by atomic mass is 9.97. The number of aromatic amines is 1. The Kier molecular flexibility index (Phi) is 4.81. The van der Waals surface area contributed by atoms with Crippen LogP contribution in [-0.2, 0) is 13.1 Å². The van der Waals surface area contributed by atoms with Crippen LogP contribution in [0, 0.1) is 0 Å². The lowest BCUT2D eigenvalue weighted by Gasteiger charge is -2.31. The molecule has 7 nitrogen and oxygen atoms in total. The first kappa shape index (κ1) is 18.0. The first-order valence-corrected chi connectivity index (χ1v) is 10.3. The van der Waals surface area contributed by atoms with Gasteiger partial charge >= 0.3 is 0 Å². The number of fused-ring (bicyclic) bond motifs is 1. The number of likely N-dealkylation sites (tertiary alicyclic amines) is 1. The van der Waals surface area contributed by atoms with E-state index in [-0.39, 0.29) is 0 Å². The molecule has 4 aromatic rings. The largest absolute Gasteiger partial charge is 0.327 e. The molecular weight excluding hydrogens is 362 g/mol. The molecule has 0 radical (unpaired) electrons. The first-order valence-electron chi connectivity index (χ1n) is 10.3. The van der Waals surface area contributed by atoms with E-state index in [1.807, 2.05) is 12.1 Å². The number of imidazole rings is 1. The molecule has 1 saturated heterocycles. The molecule has 1 aliphatic heterocycles. The summed E-state index contributed by atoms with van der Waals surface area (Å²) >= 11 is 0. The molecule has 0 saturated carbocycles. The van der Waals surface area contributed by atoms with Crippen LogP contribution in [0.2, 0.25) is 0 Å². The second kappa shape index (κ2) is 7.75. The van der Waals surface area contributed by atoms with Gasteiger partial charge in [0, 0.05) is 37.0 Å². The highest BCUT2D eigenvalue weighted by atomic mass is 15.2. The predicted molar refractivity (Wildman–Crippen MR) is 112 cm³/mol. The topological polar surface area (TPSA) is 75.5 Å². The minimum atomic E-state index is 0.362. The summed E-state index contributed by atoms with van der Waals surface area (Å²) in [5, 5.41) is 7.58. The highest BCUT2D eigenvalue weighted by Crippen LogP contribution is 2.27. The van der Waals surface area contributed by atoms with Crippen LogP contribution in [0.25, 0.3) is 22.4 Å². The third kappa shape index (κ3) is 3.53. The minimum Gasteiger partial charge on any atom is -0.327 e. The summed E-state index contributed by atoms with van der Waals surface area (Å²) in [6.07, 6.45) is 5.84. The van der Waals surface area contributed by atoms with Crippen LogP contribution >= 0.6 is 0 Å². The van der Waals surface area contributed by atoms with Gasteiger partial charge in [-0.2, -0.15) is 5.10 Å². The van der Waals surface area contributed by atoms with E-state index in [1.165, 1.54) is 5.52 Å². The smallest absolute Gasteiger partial charge is 0.182 e. The minimum absolute atomic E-state index is 0.362. The molecule has 0 aliphatic carbocycles. The maximum Gasteiger partial charge on any atom is 0.182 e. The van der Waals surface area contributed by atoms with Crippen molar-refractivity contribution < 1.29 is 0 Å². The van der Waals surface area contributed by atoms with E-state index in [2.05, 4.69) is 55.8 Å². The molecule has 0 amide bonds. The average Bonchev–Trinajstić information content (AvgIpc) is 3.39. The lowest BCUT2D eigenvalue weighted by Crippen LogP contribution is -2.35. The van der Waals surface area contributed by atoms with E-state index >= 15 is 0 Å². The third-order valence-electron chi connectivity index (χ3n) is 5.73. The van der Waals surface area contributed by atoms with Gasteiger partial charge in [-0.05, 0) is 50.6 Å². The number of hydrogen-bond donors (Lipinski definition) is 1. The van der Waals surface area contributed by atoms with Crippen molar-refractivity contribution in [1.29, 1.82) is 0 Å². The van der Waals surface area contributed by atoms with Gasteiger partial charge < -0.3 is 4.57 Å². The zero-order valence-electron chi connectivity index (χ0n) is 16.6. The molecule has 7 heteroatoms. The normalized spacial score (nSPS) is 17.8. The van der Waals surface area contributed by atoms with Crippen LogP contribution in [0.5, 0.6) is 0 Å². The summed E-state index contributed by atoms with van der Waals surface area (Å²) < 4.78 is 2.33. The Morgan fingerprint density at radius 1 is 1.14 bits per heavy atom. The molecule has 148 valence electrons. The van der Waals surface area contributed by atoms with Crippen LogP contribution in [0.15, 0.2) is 48.8 Å². The Labute approximate surface area is 169 Å².